The SMILES string of the molecule is Cc1ccc(S(=O)(=O)N2CCC(C(=O)Nc3cc(-c4cccc(F)c4)[nH]n3)CC2)cc1. The first kappa shape index (κ1) is 21.2. The molecule has 0 unspecified atom stereocenters. The van der Waals surface area contributed by atoms with Gasteiger partial charge in [0.1, 0.15) is 5.82 Å². The highest BCUT2D eigenvalue weighted by Gasteiger charge is 2.32. The molecule has 9 heteroatoms. The van der Waals surface area contributed by atoms with Crippen molar-refractivity contribution in [2.75, 3.05) is 18.4 Å². The lowest BCUT2D eigenvalue weighted by molar-refractivity contribution is -0.120. The molecule has 1 saturated heterocycles. The Labute approximate surface area is 180 Å². The van der Waals surface area contributed by atoms with Gasteiger partial charge in [-0.3, -0.25) is 9.89 Å². The minimum Gasteiger partial charge on any atom is -0.309 e. The topological polar surface area (TPSA) is 95.2 Å². The summed E-state index contributed by atoms with van der Waals surface area (Å²) >= 11 is 0. The van der Waals surface area contributed by atoms with Crippen LogP contribution in [0.15, 0.2) is 59.5 Å². The number of carbonyl (C=O) groups excluding carboxylic acids is 1. The minimum atomic E-state index is -3.56. The number of anilines is 1. The zero-order chi connectivity index (χ0) is 22.0. The highest BCUT2D eigenvalue weighted by molar-refractivity contribution is 7.89. The average molecular weight is 443 g/mol. The van der Waals surface area contributed by atoms with E-state index < -0.39 is 10.0 Å². The summed E-state index contributed by atoms with van der Waals surface area (Å²) in [4.78, 5) is 12.9. The van der Waals surface area contributed by atoms with Crippen molar-refractivity contribution < 1.29 is 17.6 Å². The van der Waals surface area contributed by atoms with Crippen molar-refractivity contribution in [3.63, 3.8) is 0 Å². The first-order chi connectivity index (χ1) is 14.8. The molecule has 7 nitrogen and oxygen atoms in total. The van der Waals surface area contributed by atoms with E-state index in [1.807, 2.05) is 6.92 Å². The monoisotopic (exact) mass is 442 g/mol. The highest BCUT2D eigenvalue weighted by Crippen LogP contribution is 2.26. The fourth-order valence-electron chi connectivity index (χ4n) is 3.64. The number of hydrogen-bond donors (Lipinski definition) is 2. The minimum absolute atomic E-state index is 0.204. The van der Waals surface area contributed by atoms with Crippen LogP contribution in [0.25, 0.3) is 11.3 Å². The van der Waals surface area contributed by atoms with Crippen LogP contribution in [0.1, 0.15) is 18.4 Å². The number of aromatic amines is 1. The predicted octanol–water partition coefficient (Wildman–Crippen LogP) is 3.56. The largest absolute Gasteiger partial charge is 0.309 e. The van der Waals surface area contributed by atoms with Gasteiger partial charge in [-0.05, 0) is 44.0 Å². The number of nitrogens with zero attached hydrogens (tertiary/aromatic N) is 2. The number of halogens is 1. The molecule has 0 spiro atoms. The lowest BCUT2D eigenvalue weighted by Gasteiger charge is -2.30. The Kier molecular flexibility index (Phi) is 5.88. The van der Waals surface area contributed by atoms with E-state index in [0.29, 0.717) is 29.9 Å². The Morgan fingerprint density at radius 1 is 1.13 bits per heavy atom. The van der Waals surface area contributed by atoms with Crippen molar-refractivity contribution in [3.8, 4) is 11.3 Å². The van der Waals surface area contributed by atoms with Crippen LogP contribution in [-0.2, 0) is 14.8 Å². The number of H-pyrrole nitrogens is 1. The molecule has 3 aromatic rings. The number of benzene rings is 2. The highest BCUT2D eigenvalue weighted by atomic mass is 32.2. The maximum atomic E-state index is 13.4. The summed E-state index contributed by atoms with van der Waals surface area (Å²) in [5, 5.41) is 9.62. The summed E-state index contributed by atoms with van der Waals surface area (Å²) in [5.41, 5.74) is 2.21. The molecular weight excluding hydrogens is 419 g/mol. The molecule has 1 fully saturated rings. The molecule has 0 saturated carbocycles. The average Bonchev–Trinajstić information content (AvgIpc) is 3.23. The molecular formula is C22H23FN4O3S. The Morgan fingerprint density at radius 2 is 1.84 bits per heavy atom. The molecule has 1 aromatic heterocycles. The molecule has 1 amide bonds. The number of aromatic nitrogens is 2. The number of amides is 1. The maximum Gasteiger partial charge on any atom is 0.243 e. The third-order valence-corrected chi connectivity index (χ3v) is 7.36. The summed E-state index contributed by atoms with van der Waals surface area (Å²) in [5.74, 6) is -0.521. The summed E-state index contributed by atoms with van der Waals surface area (Å²) in [6.45, 7) is 2.47. The van der Waals surface area contributed by atoms with Crippen molar-refractivity contribution in [3.05, 3.63) is 66.0 Å². The molecule has 0 aliphatic carbocycles. The Balaban J connectivity index is 1.36. The van der Waals surface area contributed by atoms with Gasteiger partial charge in [0, 0.05) is 30.6 Å². The van der Waals surface area contributed by atoms with Crippen LogP contribution < -0.4 is 5.32 Å². The van der Waals surface area contributed by atoms with Gasteiger partial charge >= 0.3 is 0 Å². The standard InChI is InChI=1S/C22H23FN4O3S/c1-15-5-7-19(8-6-15)31(29,30)27-11-9-16(10-12-27)22(28)24-21-14-20(25-26-21)17-3-2-4-18(23)13-17/h2-8,13-14,16H,9-12H2,1H3,(H2,24,25,26,28). The lowest BCUT2D eigenvalue weighted by Crippen LogP contribution is -2.41. The molecule has 1 aliphatic rings. The molecule has 0 radical (unpaired) electrons. The van der Waals surface area contributed by atoms with Gasteiger partial charge in [-0.2, -0.15) is 9.40 Å². The zero-order valence-electron chi connectivity index (χ0n) is 17.0. The van der Waals surface area contributed by atoms with Crippen molar-refractivity contribution in [2.24, 2.45) is 5.92 Å². The van der Waals surface area contributed by atoms with Crippen LogP contribution in [0.5, 0.6) is 0 Å². The fourth-order valence-corrected chi connectivity index (χ4v) is 5.11. The molecule has 0 bridgehead atoms. The Bertz CT molecular complexity index is 1180. The number of aryl methyl sites for hydroxylation is 1. The van der Waals surface area contributed by atoms with Crippen LogP contribution >= 0.6 is 0 Å². The van der Waals surface area contributed by atoms with Crippen LogP contribution in [0.3, 0.4) is 0 Å². The summed E-state index contributed by atoms with van der Waals surface area (Å²) in [6.07, 6.45) is 0.857. The van der Waals surface area contributed by atoms with Gasteiger partial charge in [0.25, 0.3) is 0 Å². The first-order valence-corrected chi connectivity index (χ1v) is 11.5. The molecule has 1 aliphatic heterocycles. The van der Waals surface area contributed by atoms with Crippen molar-refractivity contribution >= 4 is 21.7 Å². The van der Waals surface area contributed by atoms with Crippen molar-refractivity contribution in [2.45, 2.75) is 24.7 Å². The van der Waals surface area contributed by atoms with Crippen LogP contribution in [0.4, 0.5) is 10.2 Å². The quantitative estimate of drug-likeness (QED) is 0.632. The number of sulfonamides is 1. The lowest BCUT2D eigenvalue weighted by atomic mass is 9.97. The van der Waals surface area contributed by atoms with Gasteiger partial charge in [-0.1, -0.05) is 29.8 Å². The van der Waals surface area contributed by atoms with E-state index in [1.54, 1.807) is 42.5 Å². The molecule has 2 N–H and O–H groups in total. The smallest absolute Gasteiger partial charge is 0.243 e. The van der Waals surface area contributed by atoms with Crippen molar-refractivity contribution in [1.82, 2.24) is 14.5 Å². The normalized spacial score (nSPS) is 15.7. The van der Waals surface area contributed by atoms with Gasteiger partial charge in [-0.15, -0.1) is 0 Å². The third kappa shape index (κ3) is 4.67. The zero-order valence-corrected chi connectivity index (χ0v) is 17.8. The second kappa shape index (κ2) is 8.60. The van der Waals surface area contributed by atoms with Gasteiger partial charge in [0.2, 0.25) is 15.9 Å². The van der Waals surface area contributed by atoms with E-state index in [1.165, 1.54) is 16.4 Å². The van der Waals surface area contributed by atoms with Crippen LogP contribution in [0.2, 0.25) is 0 Å². The van der Waals surface area contributed by atoms with E-state index in [9.17, 15) is 17.6 Å². The molecule has 162 valence electrons. The Hall–Kier alpha value is -3.04. The van der Waals surface area contributed by atoms with Gasteiger partial charge < -0.3 is 5.32 Å². The van der Waals surface area contributed by atoms with E-state index in [2.05, 4.69) is 15.5 Å². The number of hydrogen-bond acceptors (Lipinski definition) is 4. The van der Waals surface area contributed by atoms with Crippen molar-refractivity contribution in [1.29, 1.82) is 0 Å². The summed E-state index contributed by atoms with van der Waals surface area (Å²) in [7, 11) is -3.56. The summed E-state index contributed by atoms with van der Waals surface area (Å²) in [6, 6.07) is 14.5. The number of piperidine rings is 1. The predicted molar refractivity (Wildman–Crippen MR) is 115 cm³/mol. The van der Waals surface area contributed by atoms with E-state index in [0.717, 1.165) is 5.56 Å². The molecule has 4 rings (SSSR count). The van der Waals surface area contributed by atoms with E-state index in [-0.39, 0.29) is 35.6 Å². The number of carbonyl (C=O) groups is 1. The summed E-state index contributed by atoms with van der Waals surface area (Å²) < 4.78 is 40.5. The maximum absolute atomic E-state index is 13.4. The second-order valence-corrected chi connectivity index (χ2v) is 9.60. The van der Waals surface area contributed by atoms with Crippen LogP contribution in [0, 0.1) is 18.7 Å². The van der Waals surface area contributed by atoms with Crippen LogP contribution in [-0.4, -0.2) is 41.9 Å². The van der Waals surface area contributed by atoms with E-state index in [4.69, 9.17) is 0 Å². The molecule has 0 atom stereocenters. The Morgan fingerprint density at radius 3 is 2.52 bits per heavy atom. The molecule has 2 heterocycles. The molecule has 2 aromatic carbocycles. The third-order valence-electron chi connectivity index (χ3n) is 5.45. The van der Waals surface area contributed by atoms with Gasteiger partial charge in [0.15, 0.2) is 5.82 Å². The van der Waals surface area contributed by atoms with Gasteiger partial charge in [-0.25, -0.2) is 12.8 Å². The van der Waals surface area contributed by atoms with E-state index >= 15 is 0 Å². The first-order valence-electron chi connectivity index (χ1n) is 10.0. The number of nitrogens with one attached hydrogen (secondary N) is 2. The fraction of sp³-hybridized carbons (Fsp3) is 0.273. The number of rotatable bonds is 5. The second-order valence-electron chi connectivity index (χ2n) is 7.66. The van der Waals surface area contributed by atoms with Gasteiger partial charge in [0.05, 0.1) is 10.6 Å². The molecule has 31 heavy (non-hydrogen) atoms.